The predicted octanol–water partition coefficient (Wildman–Crippen LogP) is 3.88. The molecule has 24 heavy (non-hydrogen) atoms. The minimum absolute atomic E-state index is 0.0738. The van der Waals surface area contributed by atoms with Crippen molar-refractivity contribution in [3.63, 3.8) is 0 Å². The van der Waals surface area contributed by atoms with E-state index in [2.05, 4.69) is 4.98 Å². The summed E-state index contributed by atoms with van der Waals surface area (Å²) in [4.78, 5) is 27.6. The molecule has 1 atom stereocenters. The zero-order chi connectivity index (χ0) is 17.5. The van der Waals surface area contributed by atoms with E-state index in [1.54, 1.807) is 10.9 Å². The van der Waals surface area contributed by atoms with Gasteiger partial charge in [0, 0.05) is 5.25 Å². The smallest absolute Gasteiger partial charge is 0.370 e. The zero-order valence-electron chi connectivity index (χ0n) is 13.8. The molecule has 7 heteroatoms. The third-order valence-corrected chi connectivity index (χ3v) is 4.05. The lowest BCUT2D eigenvalue weighted by molar-refractivity contribution is 0.00300. The molecule has 0 aliphatic rings. The van der Waals surface area contributed by atoms with E-state index in [0.29, 0.717) is 5.69 Å². The summed E-state index contributed by atoms with van der Waals surface area (Å²) in [6, 6.07) is 9.69. The number of rotatable bonds is 6. The molecule has 0 saturated carbocycles. The quantitative estimate of drug-likeness (QED) is 0.583. The van der Waals surface area contributed by atoms with Crippen molar-refractivity contribution in [2.75, 3.05) is 6.79 Å². The molecule has 0 fully saturated rings. The minimum atomic E-state index is -0.586. The van der Waals surface area contributed by atoms with Crippen LogP contribution in [-0.4, -0.2) is 32.9 Å². The third kappa shape index (κ3) is 4.86. The molecule has 0 aliphatic heterocycles. The van der Waals surface area contributed by atoms with Crippen LogP contribution in [0.5, 0.6) is 0 Å². The largest absolute Gasteiger partial charge is 0.423 e. The first-order chi connectivity index (χ1) is 11.5. The Kier molecular flexibility index (Phi) is 6.43. The molecule has 1 heterocycles. The fourth-order valence-corrected chi connectivity index (χ4v) is 2.60. The van der Waals surface area contributed by atoms with Crippen molar-refractivity contribution >= 4 is 23.0 Å². The lowest BCUT2D eigenvalue weighted by Gasteiger charge is -2.16. The van der Waals surface area contributed by atoms with Crippen molar-refractivity contribution in [3.8, 4) is 0 Å². The summed E-state index contributed by atoms with van der Waals surface area (Å²) in [5, 5.41) is -0.356. The number of hydrogen-bond acceptors (Lipinski definition) is 6. The summed E-state index contributed by atoms with van der Waals surface area (Å²) in [7, 11) is 0. The van der Waals surface area contributed by atoms with Crippen LogP contribution in [0.1, 0.15) is 42.9 Å². The first kappa shape index (κ1) is 18.1. The van der Waals surface area contributed by atoms with Gasteiger partial charge in [0.2, 0.25) is 6.79 Å². The van der Waals surface area contributed by atoms with Gasteiger partial charge in [0.05, 0.1) is 18.6 Å². The first-order valence-corrected chi connectivity index (χ1v) is 8.44. The Bertz CT molecular complexity index is 685. The van der Waals surface area contributed by atoms with Gasteiger partial charge in [0.25, 0.3) is 0 Å². The molecule has 0 radical (unpaired) electrons. The lowest BCUT2D eigenvalue weighted by atomic mass is 10.1. The molecule has 1 aromatic heterocycles. The fraction of sp³-hybridized carbons (Fsp3) is 0.353. The summed E-state index contributed by atoms with van der Waals surface area (Å²) in [6.45, 7) is 5.30. The van der Waals surface area contributed by atoms with Crippen LogP contribution in [0.4, 0.5) is 4.79 Å². The molecule has 0 amide bonds. The van der Waals surface area contributed by atoms with Crippen molar-refractivity contribution in [2.45, 2.75) is 32.1 Å². The summed E-state index contributed by atoms with van der Waals surface area (Å²) in [6.07, 6.45) is 3.02. The van der Waals surface area contributed by atoms with Crippen LogP contribution in [0, 0.1) is 0 Å². The Morgan fingerprint density at radius 3 is 2.54 bits per heavy atom. The van der Waals surface area contributed by atoms with Gasteiger partial charge in [0.1, 0.15) is 5.69 Å². The number of thioether (sulfide) groups is 1. The molecule has 6 nitrogen and oxygen atoms in total. The van der Waals surface area contributed by atoms with Crippen LogP contribution in [-0.2, 0) is 9.47 Å². The van der Waals surface area contributed by atoms with Gasteiger partial charge < -0.3 is 14.0 Å². The molecule has 0 saturated heterocycles. The van der Waals surface area contributed by atoms with Crippen molar-refractivity contribution in [1.29, 1.82) is 0 Å². The number of carbonyl (C=O) groups excluding carboxylic acids is 2. The number of imidazole rings is 1. The number of nitrogens with zero attached hydrogens (tertiary/aromatic N) is 2. The standard InChI is InChI=1S/C17H20N2O4S/c1-12(2)24-17(21)23-11-22-16(20)15-9-18-10-19(15)13(3)14-7-5-4-6-8-14/h4-10,12-13H,11H2,1-3H3/t13-/m1/s1. The highest BCUT2D eigenvalue weighted by molar-refractivity contribution is 8.13. The topological polar surface area (TPSA) is 70.4 Å². The van der Waals surface area contributed by atoms with E-state index < -0.39 is 18.1 Å². The van der Waals surface area contributed by atoms with Gasteiger partial charge in [-0.1, -0.05) is 44.2 Å². The second-order valence-electron chi connectivity index (χ2n) is 5.38. The molecule has 2 aromatic rings. The molecule has 2 rings (SSSR count). The molecule has 0 unspecified atom stereocenters. The van der Waals surface area contributed by atoms with Gasteiger partial charge in [-0.3, -0.25) is 0 Å². The summed E-state index contributed by atoms with van der Waals surface area (Å²) in [5.74, 6) is -0.586. The van der Waals surface area contributed by atoms with Gasteiger partial charge in [-0.15, -0.1) is 0 Å². The molecule has 128 valence electrons. The third-order valence-electron chi connectivity index (χ3n) is 3.27. The predicted molar refractivity (Wildman–Crippen MR) is 92.0 cm³/mol. The lowest BCUT2D eigenvalue weighted by Crippen LogP contribution is -2.17. The van der Waals surface area contributed by atoms with E-state index in [9.17, 15) is 9.59 Å². The van der Waals surface area contributed by atoms with E-state index in [1.807, 2.05) is 51.1 Å². The van der Waals surface area contributed by atoms with E-state index in [4.69, 9.17) is 9.47 Å². The minimum Gasteiger partial charge on any atom is -0.423 e. The van der Waals surface area contributed by atoms with Crippen LogP contribution in [0.25, 0.3) is 0 Å². The highest BCUT2D eigenvalue weighted by Crippen LogP contribution is 2.20. The summed E-state index contributed by atoms with van der Waals surface area (Å²) in [5.41, 5.74) is 1.35. The number of esters is 1. The molecular formula is C17H20N2O4S. The average Bonchev–Trinajstić information content (AvgIpc) is 3.03. The van der Waals surface area contributed by atoms with E-state index in [0.717, 1.165) is 17.3 Å². The van der Waals surface area contributed by atoms with Crippen molar-refractivity contribution in [2.24, 2.45) is 0 Å². The normalized spacial score (nSPS) is 12.0. The molecule has 0 N–H and O–H groups in total. The first-order valence-electron chi connectivity index (χ1n) is 7.56. The molecule has 0 aliphatic carbocycles. The number of ether oxygens (including phenoxy) is 2. The maximum atomic E-state index is 12.2. The Balaban J connectivity index is 1.97. The SMILES string of the molecule is CC(C)SC(=O)OCOC(=O)c1cncn1[C@H](C)c1ccccc1. The number of benzene rings is 1. The summed E-state index contributed by atoms with van der Waals surface area (Å²) < 4.78 is 11.6. The zero-order valence-corrected chi connectivity index (χ0v) is 14.7. The average molecular weight is 348 g/mol. The number of hydrogen-bond donors (Lipinski definition) is 0. The second-order valence-corrected chi connectivity index (χ2v) is 6.90. The Morgan fingerprint density at radius 1 is 1.17 bits per heavy atom. The highest BCUT2D eigenvalue weighted by atomic mass is 32.2. The Morgan fingerprint density at radius 2 is 1.88 bits per heavy atom. The van der Waals surface area contributed by atoms with Crippen LogP contribution in [0.2, 0.25) is 0 Å². The van der Waals surface area contributed by atoms with Crippen molar-refractivity contribution in [1.82, 2.24) is 9.55 Å². The second kappa shape index (κ2) is 8.54. The van der Waals surface area contributed by atoms with Crippen LogP contribution < -0.4 is 0 Å². The maximum absolute atomic E-state index is 12.2. The van der Waals surface area contributed by atoms with Crippen molar-refractivity contribution in [3.05, 3.63) is 54.1 Å². The number of aromatic nitrogens is 2. The Labute approximate surface area is 145 Å². The fourth-order valence-electron chi connectivity index (χ4n) is 2.10. The summed E-state index contributed by atoms with van der Waals surface area (Å²) >= 11 is 1.04. The van der Waals surface area contributed by atoms with Gasteiger partial charge in [-0.25, -0.2) is 14.6 Å². The molecule has 0 bridgehead atoms. The van der Waals surface area contributed by atoms with Crippen molar-refractivity contribution < 1.29 is 19.1 Å². The van der Waals surface area contributed by atoms with E-state index in [-0.39, 0.29) is 11.3 Å². The van der Waals surface area contributed by atoms with Gasteiger partial charge in [-0.2, -0.15) is 0 Å². The van der Waals surface area contributed by atoms with E-state index in [1.165, 1.54) is 6.20 Å². The van der Waals surface area contributed by atoms with Crippen LogP contribution >= 0.6 is 11.8 Å². The van der Waals surface area contributed by atoms with Gasteiger partial charge in [-0.05, 0) is 24.2 Å². The molecular weight excluding hydrogens is 328 g/mol. The van der Waals surface area contributed by atoms with E-state index >= 15 is 0 Å². The number of carbonyl (C=O) groups is 2. The van der Waals surface area contributed by atoms with Gasteiger partial charge >= 0.3 is 11.3 Å². The molecule has 0 spiro atoms. The van der Waals surface area contributed by atoms with Crippen LogP contribution in [0.15, 0.2) is 42.9 Å². The molecule has 1 aromatic carbocycles. The maximum Gasteiger partial charge on any atom is 0.370 e. The Hall–Kier alpha value is -2.28. The van der Waals surface area contributed by atoms with Gasteiger partial charge in [0.15, 0.2) is 0 Å². The highest BCUT2D eigenvalue weighted by Gasteiger charge is 2.18. The monoisotopic (exact) mass is 348 g/mol. The van der Waals surface area contributed by atoms with Crippen LogP contribution in [0.3, 0.4) is 0 Å².